The Morgan fingerprint density at radius 1 is 1.28 bits per heavy atom. The first-order chi connectivity index (χ1) is 11.2. The first-order valence-corrected chi connectivity index (χ1v) is 9.13. The summed E-state index contributed by atoms with van der Waals surface area (Å²) in [4.78, 5) is 18.3. The molecule has 148 valence electrons. The van der Waals surface area contributed by atoms with Gasteiger partial charge in [-0.3, -0.25) is 4.99 Å². The maximum atomic E-state index is 11.6. The van der Waals surface area contributed by atoms with E-state index in [9.17, 15) is 4.79 Å². The molecule has 0 saturated carbocycles. The molecule has 1 rings (SSSR count). The molecule has 1 saturated heterocycles. The number of aliphatic imine (C=N–C) groups is 1. The average Bonchev–Trinajstić information content (AvgIpc) is 2.88. The number of amides is 1. The van der Waals surface area contributed by atoms with Crippen molar-refractivity contribution in [3.63, 3.8) is 0 Å². The molecule has 0 aromatic carbocycles. The molecule has 0 aliphatic carbocycles. The lowest BCUT2D eigenvalue weighted by Crippen LogP contribution is -2.41. The lowest BCUT2D eigenvalue weighted by atomic mass is 9.97. The number of hydrogen-bond donors (Lipinski definition) is 2. The van der Waals surface area contributed by atoms with Crippen LogP contribution in [0.2, 0.25) is 0 Å². The number of ether oxygens (including phenoxy) is 1. The molecule has 1 heterocycles. The number of alkyl carbamates (subject to hydrolysis) is 1. The Bertz CT molecular complexity index is 422. The van der Waals surface area contributed by atoms with E-state index in [1.807, 2.05) is 27.8 Å². The van der Waals surface area contributed by atoms with Crippen LogP contribution in [-0.4, -0.2) is 55.8 Å². The van der Waals surface area contributed by atoms with Crippen LogP contribution in [0, 0.1) is 11.8 Å². The summed E-state index contributed by atoms with van der Waals surface area (Å²) in [7, 11) is 1.83. The highest BCUT2D eigenvalue weighted by molar-refractivity contribution is 14.0. The van der Waals surface area contributed by atoms with Gasteiger partial charge in [-0.15, -0.1) is 24.0 Å². The van der Waals surface area contributed by atoms with Gasteiger partial charge in [-0.1, -0.05) is 13.8 Å². The summed E-state index contributed by atoms with van der Waals surface area (Å²) in [5.41, 5.74) is -0.452. The third-order valence-corrected chi connectivity index (χ3v) is 3.91. The molecule has 1 amide bonds. The lowest BCUT2D eigenvalue weighted by Gasteiger charge is -2.22. The van der Waals surface area contributed by atoms with Gasteiger partial charge in [0, 0.05) is 33.2 Å². The smallest absolute Gasteiger partial charge is 0.407 e. The Kier molecular flexibility index (Phi) is 11.5. The molecule has 0 bridgehead atoms. The van der Waals surface area contributed by atoms with E-state index in [1.165, 1.54) is 12.8 Å². The molecule has 2 N–H and O–H groups in total. The van der Waals surface area contributed by atoms with Gasteiger partial charge in [-0.2, -0.15) is 0 Å². The molecule has 1 unspecified atom stereocenters. The Morgan fingerprint density at radius 2 is 1.92 bits per heavy atom. The van der Waals surface area contributed by atoms with Gasteiger partial charge in [-0.25, -0.2) is 4.79 Å². The molecule has 25 heavy (non-hydrogen) atoms. The number of carbonyl (C=O) groups is 1. The molecule has 7 heteroatoms. The summed E-state index contributed by atoms with van der Waals surface area (Å²) in [5, 5.41) is 6.17. The van der Waals surface area contributed by atoms with E-state index >= 15 is 0 Å². The van der Waals surface area contributed by atoms with E-state index in [-0.39, 0.29) is 30.1 Å². The maximum Gasteiger partial charge on any atom is 0.407 e. The topological polar surface area (TPSA) is 66.0 Å². The minimum atomic E-state index is -0.452. The van der Waals surface area contributed by atoms with Crippen LogP contribution in [0.1, 0.15) is 53.9 Å². The molecule has 0 radical (unpaired) electrons. The second kappa shape index (κ2) is 11.8. The molecule has 1 aliphatic heterocycles. The van der Waals surface area contributed by atoms with Crippen molar-refractivity contribution in [1.82, 2.24) is 15.5 Å². The molecular formula is C18H37IN4O2. The van der Waals surface area contributed by atoms with Crippen LogP contribution in [0.4, 0.5) is 4.79 Å². The standard InChI is InChI=1S/C18H36N4O2.HI/c1-14(2)12-15-8-11-22(13-15)16(19-6)20-9-7-10-21-17(23)24-18(3,4)5;/h14-15H,7-13H2,1-6H3,(H,19,20)(H,21,23);1H. The van der Waals surface area contributed by atoms with Gasteiger partial charge in [0.25, 0.3) is 0 Å². The van der Waals surface area contributed by atoms with Gasteiger partial charge < -0.3 is 20.3 Å². The first kappa shape index (κ1) is 24.3. The fourth-order valence-corrected chi connectivity index (χ4v) is 3.01. The second-order valence-corrected chi connectivity index (χ2v) is 7.99. The van der Waals surface area contributed by atoms with E-state index < -0.39 is 5.60 Å². The third kappa shape index (κ3) is 10.8. The van der Waals surface area contributed by atoms with Crippen LogP contribution in [0.5, 0.6) is 0 Å². The lowest BCUT2D eigenvalue weighted by molar-refractivity contribution is 0.0527. The van der Waals surface area contributed by atoms with Gasteiger partial charge in [-0.05, 0) is 51.9 Å². The quantitative estimate of drug-likeness (QED) is 0.271. The SMILES string of the molecule is CN=C(NCCCNC(=O)OC(C)(C)C)N1CCC(CC(C)C)C1.I. The van der Waals surface area contributed by atoms with Gasteiger partial charge in [0.05, 0.1) is 0 Å². The number of rotatable bonds is 6. The van der Waals surface area contributed by atoms with Crippen molar-refractivity contribution in [2.75, 3.05) is 33.2 Å². The monoisotopic (exact) mass is 468 g/mol. The molecule has 0 aromatic rings. The highest BCUT2D eigenvalue weighted by Gasteiger charge is 2.25. The van der Waals surface area contributed by atoms with Gasteiger partial charge in [0.15, 0.2) is 5.96 Å². The Labute approximate surface area is 170 Å². The third-order valence-electron chi connectivity index (χ3n) is 3.91. The van der Waals surface area contributed by atoms with E-state index in [0.717, 1.165) is 43.9 Å². The van der Waals surface area contributed by atoms with Gasteiger partial charge in [0.2, 0.25) is 0 Å². The molecule has 6 nitrogen and oxygen atoms in total. The summed E-state index contributed by atoms with van der Waals surface area (Å²) in [6.45, 7) is 13.7. The highest BCUT2D eigenvalue weighted by Crippen LogP contribution is 2.23. The van der Waals surface area contributed by atoms with E-state index in [4.69, 9.17) is 4.74 Å². The van der Waals surface area contributed by atoms with Crippen LogP contribution < -0.4 is 10.6 Å². The van der Waals surface area contributed by atoms with E-state index in [1.54, 1.807) is 0 Å². The minimum Gasteiger partial charge on any atom is -0.444 e. The largest absolute Gasteiger partial charge is 0.444 e. The average molecular weight is 468 g/mol. The van der Waals surface area contributed by atoms with Gasteiger partial charge >= 0.3 is 6.09 Å². The van der Waals surface area contributed by atoms with Crippen LogP contribution >= 0.6 is 24.0 Å². The Balaban J connectivity index is 0.00000576. The molecule has 0 aromatic heterocycles. The van der Waals surface area contributed by atoms with Crippen molar-refractivity contribution < 1.29 is 9.53 Å². The fraction of sp³-hybridized carbons (Fsp3) is 0.889. The molecule has 1 atom stereocenters. The number of likely N-dealkylation sites (tertiary alicyclic amines) is 1. The normalized spacial score (nSPS) is 18.1. The van der Waals surface area contributed by atoms with Crippen LogP contribution in [0.3, 0.4) is 0 Å². The summed E-state index contributed by atoms with van der Waals surface area (Å²) in [5.74, 6) is 2.50. The Hall–Kier alpha value is -0.730. The van der Waals surface area contributed by atoms with Crippen molar-refractivity contribution in [2.24, 2.45) is 16.8 Å². The summed E-state index contributed by atoms with van der Waals surface area (Å²) in [6.07, 6.45) is 3.01. The summed E-state index contributed by atoms with van der Waals surface area (Å²) >= 11 is 0. The Morgan fingerprint density at radius 3 is 2.48 bits per heavy atom. The van der Waals surface area contributed by atoms with Crippen molar-refractivity contribution in [3.05, 3.63) is 0 Å². The van der Waals surface area contributed by atoms with Crippen molar-refractivity contribution in [2.45, 2.75) is 59.5 Å². The van der Waals surface area contributed by atoms with Crippen LogP contribution in [-0.2, 0) is 4.74 Å². The van der Waals surface area contributed by atoms with Crippen LogP contribution in [0.15, 0.2) is 4.99 Å². The zero-order valence-electron chi connectivity index (χ0n) is 16.7. The predicted molar refractivity (Wildman–Crippen MR) is 115 cm³/mol. The predicted octanol–water partition coefficient (Wildman–Crippen LogP) is 3.46. The highest BCUT2D eigenvalue weighted by atomic mass is 127. The maximum absolute atomic E-state index is 11.6. The van der Waals surface area contributed by atoms with Crippen molar-refractivity contribution in [3.8, 4) is 0 Å². The number of hydrogen-bond acceptors (Lipinski definition) is 3. The number of halogens is 1. The second-order valence-electron chi connectivity index (χ2n) is 7.99. The summed E-state index contributed by atoms with van der Waals surface area (Å²) < 4.78 is 5.21. The van der Waals surface area contributed by atoms with E-state index in [0.29, 0.717) is 6.54 Å². The van der Waals surface area contributed by atoms with E-state index in [2.05, 4.69) is 34.4 Å². The van der Waals surface area contributed by atoms with Crippen molar-refractivity contribution in [1.29, 1.82) is 0 Å². The number of nitrogens with one attached hydrogen (secondary N) is 2. The zero-order chi connectivity index (χ0) is 18.2. The van der Waals surface area contributed by atoms with Crippen molar-refractivity contribution >= 4 is 36.0 Å². The summed E-state index contributed by atoms with van der Waals surface area (Å²) in [6, 6.07) is 0. The number of guanidine groups is 1. The minimum absolute atomic E-state index is 0. The fourth-order valence-electron chi connectivity index (χ4n) is 3.01. The molecule has 1 aliphatic rings. The number of carbonyl (C=O) groups excluding carboxylic acids is 1. The van der Waals surface area contributed by atoms with Gasteiger partial charge in [0.1, 0.15) is 5.60 Å². The molecule has 1 fully saturated rings. The van der Waals surface area contributed by atoms with Crippen LogP contribution in [0.25, 0.3) is 0 Å². The zero-order valence-corrected chi connectivity index (χ0v) is 19.1. The first-order valence-electron chi connectivity index (χ1n) is 9.13. The molecular weight excluding hydrogens is 431 g/mol. The number of nitrogens with zero attached hydrogens (tertiary/aromatic N) is 2. The molecule has 0 spiro atoms.